The molecular formula is C17H29N3O2. The predicted octanol–water partition coefficient (Wildman–Crippen LogP) is 2.55. The van der Waals surface area contributed by atoms with Crippen LogP contribution in [0.25, 0.3) is 0 Å². The van der Waals surface area contributed by atoms with Crippen molar-refractivity contribution in [2.45, 2.75) is 95.3 Å². The second kappa shape index (κ2) is 6.88. The molecule has 2 atom stereocenters. The summed E-state index contributed by atoms with van der Waals surface area (Å²) in [7, 11) is 0. The first-order valence-corrected chi connectivity index (χ1v) is 8.99. The molecule has 0 aromatic rings. The molecule has 3 aliphatic rings. The van der Waals surface area contributed by atoms with E-state index in [2.05, 4.69) is 15.5 Å². The van der Waals surface area contributed by atoms with Crippen molar-refractivity contribution in [2.75, 3.05) is 0 Å². The second-order valence-corrected chi connectivity index (χ2v) is 7.30. The number of piperidine rings is 2. The van der Waals surface area contributed by atoms with Gasteiger partial charge in [0.05, 0.1) is 0 Å². The van der Waals surface area contributed by atoms with E-state index < -0.39 is 0 Å². The van der Waals surface area contributed by atoms with Gasteiger partial charge in [0.2, 0.25) is 5.91 Å². The van der Waals surface area contributed by atoms with Crippen LogP contribution in [0.5, 0.6) is 0 Å². The lowest BCUT2D eigenvalue weighted by atomic mass is 9.82. The normalized spacial score (nSPS) is 32.4. The Bertz CT molecular complexity index is 406. The summed E-state index contributed by atoms with van der Waals surface area (Å²) in [6, 6.07) is 1.35. The summed E-state index contributed by atoms with van der Waals surface area (Å²) in [5, 5.41) is 6.33. The highest BCUT2D eigenvalue weighted by molar-refractivity contribution is 5.76. The Morgan fingerprint density at radius 1 is 0.818 bits per heavy atom. The molecule has 2 heterocycles. The number of carbonyl (C=O) groups excluding carboxylic acids is 2. The molecule has 0 radical (unpaired) electrons. The molecule has 22 heavy (non-hydrogen) atoms. The monoisotopic (exact) mass is 307 g/mol. The maximum Gasteiger partial charge on any atom is 0.318 e. The van der Waals surface area contributed by atoms with Crippen molar-refractivity contribution >= 4 is 11.9 Å². The minimum absolute atomic E-state index is 0.0446. The molecule has 2 N–H and O–H groups in total. The second-order valence-electron chi connectivity index (χ2n) is 7.30. The van der Waals surface area contributed by atoms with Crippen molar-refractivity contribution in [3.05, 3.63) is 0 Å². The zero-order chi connectivity index (χ0) is 15.5. The van der Waals surface area contributed by atoms with E-state index in [1.54, 1.807) is 6.92 Å². The highest BCUT2D eigenvalue weighted by Crippen LogP contribution is 2.34. The van der Waals surface area contributed by atoms with Gasteiger partial charge in [-0.05, 0) is 44.9 Å². The topological polar surface area (TPSA) is 61.4 Å². The fourth-order valence-corrected chi connectivity index (χ4v) is 4.61. The van der Waals surface area contributed by atoms with Gasteiger partial charge < -0.3 is 15.5 Å². The largest absolute Gasteiger partial charge is 0.353 e. The summed E-state index contributed by atoms with van der Waals surface area (Å²) >= 11 is 0. The van der Waals surface area contributed by atoms with Crippen molar-refractivity contribution in [3.63, 3.8) is 0 Å². The van der Waals surface area contributed by atoms with E-state index in [9.17, 15) is 9.59 Å². The van der Waals surface area contributed by atoms with E-state index in [1.807, 2.05) is 0 Å². The van der Waals surface area contributed by atoms with Crippen LogP contribution in [0.15, 0.2) is 0 Å². The molecule has 2 bridgehead atoms. The van der Waals surface area contributed by atoms with Gasteiger partial charge in [-0.3, -0.25) is 4.79 Å². The Kier molecular flexibility index (Phi) is 4.89. The number of rotatable bonds is 2. The maximum atomic E-state index is 12.7. The van der Waals surface area contributed by atoms with Gasteiger partial charge in [0.1, 0.15) is 0 Å². The lowest BCUT2D eigenvalue weighted by Gasteiger charge is -2.49. The summed E-state index contributed by atoms with van der Waals surface area (Å²) in [6.45, 7) is 1.58. The van der Waals surface area contributed by atoms with Crippen molar-refractivity contribution in [3.8, 4) is 0 Å². The summed E-state index contributed by atoms with van der Waals surface area (Å²) in [6.07, 6.45) is 11.2. The van der Waals surface area contributed by atoms with Gasteiger partial charge in [0.15, 0.2) is 0 Å². The molecule has 1 saturated carbocycles. The Morgan fingerprint density at radius 3 is 2.05 bits per heavy atom. The van der Waals surface area contributed by atoms with E-state index in [0.717, 1.165) is 38.5 Å². The molecule has 124 valence electrons. The number of hydrogen-bond donors (Lipinski definition) is 2. The molecule has 0 aromatic heterocycles. The molecule has 0 spiro atoms. The van der Waals surface area contributed by atoms with E-state index in [1.165, 1.54) is 25.7 Å². The van der Waals surface area contributed by atoms with Crippen molar-refractivity contribution in [2.24, 2.45) is 0 Å². The van der Waals surface area contributed by atoms with Crippen LogP contribution in [0.1, 0.15) is 71.1 Å². The zero-order valence-corrected chi connectivity index (χ0v) is 13.6. The number of hydrogen-bond acceptors (Lipinski definition) is 2. The first-order chi connectivity index (χ1) is 10.6. The fourth-order valence-electron chi connectivity index (χ4n) is 4.61. The summed E-state index contributed by atoms with van der Waals surface area (Å²) in [5.41, 5.74) is 0. The van der Waals surface area contributed by atoms with Crippen LogP contribution < -0.4 is 10.6 Å². The van der Waals surface area contributed by atoms with Gasteiger partial charge in [-0.1, -0.05) is 19.3 Å². The minimum atomic E-state index is 0.0446. The van der Waals surface area contributed by atoms with E-state index in [-0.39, 0.29) is 18.0 Å². The van der Waals surface area contributed by atoms with Crippen LogP contribution in [0.3, 0.4) is 0 Å². The molecule has 3 fully saturated rings. The number of nitrogens with one attached hydrogen (secondary N) is 2. The molecular weight excluding hydrogens is 278 g/mol. The maximum absolute atomic E-state index is 12.7. The van der Waals surface area contributed by atoms with Gasteiger partial charge in [-0.25, -0.2) is 4.79 Å². The zero-order valence-electron chi connectivity index (χ0n) is 13.6. The van der Waals surface area contributed by atoms with Crippen LogP contribution in [0.2, 0.25) is 0 Å². The standard InChI is InChI=1S/C17H29N3O2/c1-12(21)18-14-10-15-8-5-9-16(11-14)20(15)17(22)19-13-6-3-2-4-7-13/h13-16H,2-11H2,1H3,(H,18,21)(H,19,22). The smallest absolute Gasteiger partial charge is 0.318 e. The molecule has 1 aliphatic carbocycles. The van der Waals surface area contributed by atoms with Crippen LogP contribution in [-0.2, 0) is 4.79 Å². The number of carbonyl (C=O) groups is 2. The average molecular weight is 307 g/mol. The first-order valence-electron chi connectivity index (χ1n) is 8.99. The number of urea groups is 1. The predicted molar refractivity (Wildman–Crippen MR) is 85.5 cm³/mol. The minimum Gasteiger partial charge on any atom is -0.353 e. The van der Waals surface area contributed by atoms with Crippen LogP contribution in [-0.4, -0.2) is 41.0 Å². The average Bonchev–Trinajstić information content (AvgIpc) is 2.46. The molecule has 3 rings (SSSR count). The molecule has 3 amide bonds. The molecule has 0 aromatic carbocycles. The molecule has 5 heteroatoms. The Labute approximate surface area is 133 Å². The number of nitrogens with zero attached hydrogens (tertiary/aromatic N) is 1. The molecule has 2 aliphatic heterocycles. The fraction of sp³-hybridized carbons (Fsp3) is 0.882. The Balaban J connectivity index is 1.60. The van der Waals surface area contributed by atoms with E-state index in [4.69, 9.17) is 0 Å². The van der Waals surface area contributed by atoms with Crippen LogP contribution in [0.4, 0.5) is 4.79 Å². The van der Waals surface area contributed by atoms with Gasteiger partial charge in [0.25, 0.3) is 0 Å². The molecule has 5 nitrogen and oxygen atoms in total. The third-order valence-corrected chi connectivity index (χ3v) is 5.55. The summed E-state index contributed by atoms with van der Waals surface area (Å²) < 4.78 is 0. The van der Waals surface area contributed by atoms with E-state index >= 15 is 0 Å². The quantitative estimate of drug-likeness (QED) is 0.823. The highest BCUT2D eigenvalue weighted by Gasteiger charge is 2.41. The van der Waals surface area contributed by atoms with E-state index in [0.29, 0.717) is 18.1 Å². The SMILES string of the molecule is CC(=O)NC1CC2CCCC(C1)N2C(=O)NC1CCCCC1. The third kappa shape index (κ3) is 3.55. The van der Waals surface area contributed by atoms with Crippen LogP contribution in [0, 0.1) is 0 Å². The van der Waals surface area contributed by atoms with Gasteiger partial charge in [-0.15, -0.1) is 0 Å². The van der Waals surface area contributed by atoms with Crippen LogP contribution >= 0.6 is 0 Å². The lowest BCUT2D eigenvalue weighted by Crippen LogP contribution is -2.61. The van der Waals surface area contributed by atoms with Gasteiger partial charge >= 0.3 is 6.03 Å². The van der Waals surface area contributed by atoms with Crippen molar-refractivity contribution in [1.82, 2.24) is 15.5 Å². The van der Waals surface area contributed by atoms with Gasteiger partial charge in [0, 0.05) is 31.1 Å². The lowest BCUT2D eigenvalue weighted by molar-refractivity contribution is -0.120. The Hall–Kier alpha value is -1.26. The molecule has 2 saturated heterocycles. The summed E-state index contributed by atoms with van der Waals surface area (Å²) in [5.74, 6) is 0.0446. The number of fused-ring (bicyclic) bond motifs is 2. The Morgan fingerprint density at radius 2 is 1.45 bits per heavy atom. The molecule has 2 unspecified atom stereocenters. The number of amides is 3. The van der Waals surface area contributed by atoms with Crippen molar-refractivity contribution < 1.29 is 9.59 Å². The summed E-state index contributed by atoms with van der Waals surface area (Å²) in [4.78, 5) is 26.1. The third-order valence-electron chi connectivity index (χ3n) is 5.55. The highest BCUT2D eigenvalue weighted by atomic mass is 16.2. The van der Waals surface area contributed by atoms with Gasteiger partial charge in [-0.2, -0.15) is 0 Å². The van der Waals surface area contributed by atoms with Crippen molar-refractivity contribution in [1.29, 1.82) is 0 Å². The first kappa shape index (κ1) is 15.6.